The predicted molar refractivity (Wildman–Crippen MR) is 43.9 cm³/mol. The van der Waals surface area contributed by atoms with Crippen molar-refractivity contribution in [1.29, 1.82) is 0 Å². The fraction of sp³-hybridized carbons (Fsp3) is 0.125. The summed E-state index contributed by atoms with van der Waals surface area (Å²) in [5.41, 5.74) is 0.293. The molecule has 0 aliphatic rings. The van der Waals surface area contributed by atoms with E-state index in [2.05, 4.69) is 9.78 Å². The quantitative estimate of drug-likeness (QED) is 0.524. The van der Waals surface area contributed by atoms with Crippen LogP contribution in [0, 0.1) is 0 Å². The SMILES string of the molecule is COOC(=O)c1ccccc1Cl. The first kappa shape index (κ1) is 9.03. The third-order valence-corrected chi connectivity index (χ3v) is 1.58. The molecule has 0 radical (unpaired) electrons. The minimum Gasteiger partial charge on any atom is -0.293 e. The van der Waals surface area contributed by atoms with Gasteiger partial charge < -0.3 is 0 Å². The zero-order valence-electron chi connectivity index (χ0n) is 6.41. The van der Waals surface area contributed by atoms with Crippen molar-refractivity contribution in [2.24, 2.45) is 0 Å². The van der Waals surface area contributed by atoms with Crippen LogP contribution in [0.4, 0.5) is 0 Å². The van der Waals surface area contributed by atoms with Crippen LogP contribution >= 0.6 is 11.6 Å². The van der Waals surface area contributed by atoms with Gasteiger partial charge in [0.1, 0.15) is 0 Å². The highest BCUT2D eigenvalue weighted by Crippen LogP contribution is 2.15. The summed E-state index contributed by atoms with van der Waals surface area (Å²) in [6.45, 7) is 0. The molecule has 0 aromatic heterocycles. The number of carbonyl (C=O) groups is 1. The molecule has 64 valence electrons. The molecule has 1 rings (SSSR count). The highest BCUT2D eigenvalue weighted by Gasteiger charge is 2.10. The first-order valence-corrected chi connectivity index (χ1v) is 3.63. The topological polar surface area (TPSA) is 35.5 Å². The molecule has 0 atom stereocenters. The lowest BCUT2D eigenvalue weighted by atomic mass is 10.2. The van der Waals surface area contributed by atoms with E-state index >= 15 is 0 Å². The van der Waals surface area contributed by atoms with Crippen LogP contribution in [0.25, 0.3) is 0 Å². The Hall–Kier alpha value is -1.06. The Bertz CT molecular complexity index is 285. The van der Waals surface area contributed by atoms with Crippen LogP contribution in [-0.2, 0) is 9.78 Å². The van der Waals surface area contributed by atoms with Gasteiger partial charge in [-0.25, -0.2) is 4.79 Å². The van der Waals surface area contributed by atoms with E-state index in [1.165, 1.54) is 7.11 Å². The van der Waals surface area contributed by atoms with Gasteiger partial charge in [0, 0.05) is 0 Å². The highest BCUT2D eigenvalue weighted by atomic mass is 35.5. The van der Waals surface area contributed by atoms with Crippen molar-refractivity contribution in [3.63, 3.8) is 0 Å². The molecule has 0 aliphatic carbocycles. The van der Waals surface area contributed by atoms with E-state index in [0.717, 1.165) is 0 Å². The number of halogens is 1. The normalized spacial score (nSPS) is 9.50. The Kier molecular flexibility index (Phi) is 3.08. The van der Waals surface area contributed by atoms with E-state index in [0.29, 0.717) is 10.6 Å². The summed E-state index contributed by atoms with van der Waals surface area (Å²) in [6.07, 6.45) is 0. The standard InChI is InChI=1S/C8H7ClO3/c1-11-12-8(10)6-4-2-3-5-7(6)9/h2-5H,1H3. The van der Waals surface area contributed by atoms with E-state index < -0.39 is 5.97 Å². The Labute approximate surface area is 74.8 Å². The second kappa shape index (κ2) is 4.09. The Morgan fingerprint density at radius 3 is 2.67 bits per heavy atom. The second-order valence-electron chi connectivity index (χ2n) is 2.02. The third-order valence-electron chi connectivity index (χ3n) is 1.25. The molecule has 1 aromatic carbocycles. The number of hydrogen-bond donors (Lipinski definition) is 0. The Morgan fingerprint density at radius 2 is 2.08 bits per heavy atom. The maximum absolute atomic E-state index is 11.0. The lowest BCUT2D eigenvalue weighted by Gasteiger charge is -2.00. The summed E-state index contributed by atoms with van der Waals surface area (Å²) in [6, 6.07) is 6.58. The van der Waals surface area contributed by atoms with Crippen LogP contribution in [-0.4, -0.2) is 13.1 Å². The van der Waals surface area contributed by atoms with Gasteiger partial charge in [-0.1, -0.05) is 23.7 Å². The fourth-order valence-electron chi connectivity index (χ4n) is 0.747. The van der Waals surface area contributed by atoms with E-state index in [1.54, 1.807) is 24.3 Å². The smallest absolute Gasteiger partial charge is 0.293 e. The second-order valence-corrected chi connectivity index (χ2v) is 2.42. The molecule has 0 spiro atoms. The van der Waals surface area contributed by atoms with Gasteiger partial charge in [0.25, 0.3) is 0 Å². The highest BCUT2D eigenvalue weighted by molar-refractivity contribution is 6.33. The summed E-state index contributed by atoms with van der Waals surface area (Å²) in [5, 5.41) is 0.347. The van der Waals surface area contributed by atoms with Gasteiger partial charge in [-0.15, -0.1) is 0 Å². The first-order chi connectivity index (χ1) is 5.75. The zero-order chi connectivity index (χ0) is 8.97. The molecule has 0 aliphatic heterocycles. The van der Waals surface area contributed by atoms with Gasteiger partial charge >= 0.3 is 5.97 Å². The number of carbonyl (C=O) groups excluding carboxylic acids is 1. The molecular weight excluding hydrogens is 180 g/mol. The average molecular weight is 187 g/mol. The fourth-order valence-corrected chi connectivity index (χ4v) is 0.960. The molecule has 0 heterocycles. The third kappa shape index (κ3) is 1.96. The largest absolute Gasteiger partial charge is 0.374 e. The Morgan fingerprint density at radius 1 is 1.42 bits per heavy atom. The van der Waals surface area contributed by atoms with Crippen LogP contribution in [0.5, 0.6) is 0 Å². The van der Waals surface area contributed by atoms with Crippen LogP contribution < -0.4 is 0 Å². The van der Waals surface area contributed by atoms with Gasteiger partial charge in [-0.2, -0.15) is 4.89 Å². The Balaban J connectivity index is 2.87. The predicted octanol–water partition coefficient (Wildman–Crippen LogP) is 2.06. The maximum Gasteiger partial charge on any atom is 0.374 e. The van der Waals surface area contributed by atoms with Gasteiger partial charge in [-0.05, 0) is 12.1 Å². The molecule has 1 aromatic rings. The summed E-state index contributed by atoms with van der Waals surface area (Å²) in [4.78, 5) is 19.5. The van der Waals surface area contributed by atoms with Crippen molar-refractivity contribution in [1.82, 2.24) is 0 Å². The summed E-state index contributed by atoms with van der Waals surface area (Å²) in [5.74, 6) is -0.594. The minimum absolute atomic E-state index is 0.293. The molecule has 0 saturated carbocycles. The number of rotatable bonds is 2. The van der Waals surface area contributed by atoms with Crippen LogP contribution in [0.1, 0.15) is 10.4 Å². The van der Waals surface area contributed by atoms with Gasteiger partial charge in [-0.3, -0.25) is 4.89 Å². The first-order valence-electron chi connectivity index (χ1n) is 3.25. The molecular formula is C8H7ClO3. The van der Waals surface area contributed by atoms with Crippen molar-refractivity contribution >= 4 is 17.6 Å². The van der Waals surface area contributed by atoms with Crippen LogP contribution in [0.15, 0.2) is 24.3 Å². The van der Waals surface area contributed by atoms with Crippen molar-refractivity contribution in [2.45, 2.75) is 0 Å². The molecule has 0 fully saturated rings. The molecule has 0 bridgehead atoms. The number of benzene rings is 1. The van der Waals surface area contributed by atoms with Crippen molar-refractivity contribution in [3.05, 3.63) is 34.9 Å². The molecule has 0 amide bonds. The average Bonchev–Trinajstić information content (AvgIpc) is 2.05. The zero-order valence-corrected chi connectivity index (χ0v) is 7.17. The molecule has 4 heteroatoms. The number of hydrogen-bond acceptors (Lipinski definition) is 3. The summed E-state index contributed by atoms with van der Waals surface area (Å²) < 4.78 is 0. The van der Waals surface area contributed by atoms with Crippen molar-refractivity contribution < 1.29 is 14.6 Å². The van der Waals surface area contributed by atoms with Gasteiger partial charge in [0.2, 0.25) is 0 Å². The van der Waals surface area contributed by atoms with E-state index in [4.69, 9.17) is 11.6 Å². The molecule has 3 nitrogen and oxygen atoms in total. The van der Waals surface area contributed by atoms with Crippen LogP contribution in [0.3, 0.4) is 0 Å². The maximum atomic E-state index is 11.0. The minimum atomic E-state index is -0.594. The van der Waals surface area contributed by atoms with Gasteiger partial charge in [0.15, 0.2) is 0 Å². The monoisotopic (exact) mass is 186 g/mol. The molecule has 0 N–H and O–H groups in total. The van der Waals surface area contributed by atoms with E-state index in [9.17, 15) is 4.79 Å². The van der Waals surface area contributed by atoms with E-state index in [1.807, 2.05) is 0 Å². The van der Waals surface area contributed by atoms with Crippen LogP contribution in [0.2, 0.25) is 5.02 Å². The lowest BCUT2D eigenvalue weighted by molar-refractivity contribution is -0.216. The summed E-state index contributed by atoms with van der Waals surface area (Å²) in [7, 11) is 1.26. The molecule has 0 unspecified atom stereocenters. The van der Waals surface area contributed by atoms with Gasteiger partial charge in [0.05, 0.1) is 17.7 Å². The lowest BCUT2D eigenvalue weighted by Crippen LogP contribution is -2.04. The van der Waals surface area contributed by atoms with E-state index in [-0.39, 0.29) is 0 Å². The van der Waals surface area contributed by atoms with Crippen molar-refractivity contribution in [2.75, 3.05) is 7.11 Å². The summed E-state index contributed by atoms with van der Waals surface area (Å²) >= 11 is 5.70. The molecule has 0 saturated heterocycles. The molecule has 12 heavy (non-hydrogen) atoms. The van der Waals surface area contributed by atoms with Crippen molar-refractivity contribution in [3.8, 4) is 0 Å².